The molecule has 2 aliphatic heterocycles. The van der Waals surface area contributed by atoms with Gasteiger partial charge in [-0.2, -0.15) is 0 Å². The Morgan fingerprint density at radius 3 is 2.66 bits per heavy atom. The second-order valence-electron chi connectivity index (χ2n) is 9.14. The molecular formula is C25H35N5O2. The number of likely N-dealkylation sites (tertiary alicyclic amines) is 1. The molecule has 1 saturated heterocycles. The van der Waals surface area contributed by atoms with E-state index in [0.29, 0.717) is 6.54 Å². The first-order valence-corrected chi connectivity index (χ1v) is 11.5. The number of rotatable bonds is 5. The summed E-state index contributed by atoms with van der Waals surface area (Å²) >= 11 is 0. The van der Waals surface area contributed by atoms with Crippen molar-refractivity contribution in [2.24, 2.45) is 0 Å². The van der Waals surface area contributed by atoms with Crippen LogP contribution in [0.15, 0.2) is 6.07 Å². The molecule has 0 bridgehead atoms. The molecule has 32 heavy (non-hydrogen) atoms. The number of carbonyl (C=O) groups is 1. The van der Waals surface area contributed by atoms with Gasteiger partial charge in [-0.25, -0.2) is 9.97 Å². The summed E-state index contributed by atoms with van der Waals surface area (Å²) in [6.45, 7) is 12.3. The van der Waals surface area contributed by atoms with E-state index in [-0.39, 0.29) is 11.8 Å². The highest BCUT2D eigenvalue weighted by Gasteiger charge is 2.30. The van der Waals surface area contributed by atoms with Crippen LogP contribution in [0.2, 0.25) is 0 Å². The first-order chi connectivity index (χ1) is 15.3. The van der Waals surface area contributed by atoms with Gasteiger partial charge in [0.25, 0.3) is 0 Å². The van der Waals surface area contributed by atoms with Crippen LogP contribution in [0.3, 0.4) is 0 Å². The molecule has 0 aliphatic carbocycles. The first kappa shape index (κ1) is 22.5. The molecule has 172 valence electrons. The zero-order valence-electron chi connectivity index (χ0n) is 20.2. The molecule has 1 unspecified atom stereocenters. The van der Waals surface area contributed by atoms with Gasteiger partial charge < -0.3 is 15.0 Å². The summed E-state index contributed by atoms with van der Waals surface area (Å²) in [6.07, 6.45) is 1.86. The number of nitrogens with one attached hydrogen (secondary N) is 1. The van der Waals surface area contributed by atoms with E-state index in [1.807, 2.05) is 11.9 Å². The molecule has 2 aromatic rings. The maximum Gasteiger partial charge on any atom is 0.219 e. The van der Waals surface area contributed by atoms with Gasteiger partial charge in [0.2, 0.25) is 5.91 Å². The normalized spacial score (nSPS) is 18.6. The number of methoxy groups -OCH3 is 1. The van der Waals surface area contributed by atoms with Gasteiger partial charge in [0.15, 0.2) is 0 Å². The molecule has 1 N–H and O–H groups in total. The summed E-state index contributed by atoms with van der Waals surface area (Å²) in [5.41, 5.74) is 7.51. The molecule has 0 spiro atoms. The van der Waals surface area contributed by atoms with Crippen LogP contribution in [0.5, 0.6) is 5.75 Å². The van der Waals surface area contributed by atoms with E-state index < -0.39 is 0 Å². The Kier molecular flexibility index (Phi) is 6.38. The molecule has 1 aromatic heterocycles. The van der Waals surface area contributed by atoms with Crippen LogP contribution < -0.4 is 10.1 Å². The number of aromatic nitrogens is 2. The molecule has 2 aliphatic rings. The van der Waals surface area contributed by atoms with Gasteiger partial charge in [-0.3, -0.25) is 9.69 Å². The fourth-order valence-electron chi connectivity index (χ4n) is 5.06. The molecular weight excluding hydrogens is 402 g/mol. The number of fused-ring (bicyclic) bond motifs is 1. The summed E-state index contributed by atoms with van der Waals surface area (Å²) in [7, 11) is 3.67. The van der Waals surface area contributed by atoms with E-state index in [2.05, 4.69) is 37.1 Å². The second kappa shape index (κ2) is 9.06. The maximum atomic E-state index is 11.8. The lowest BCUT2D eigenvalue weighted by atomic mass is 9.96. The summed E-state index contributed by atoms with van der Waals surface area (Å²) in [5.74, 6) is 3.11. The van der Waals surface area contributed by atoms with Crippen LogP contribution in [-0.2, 0) is 24.3 Å². The van der Waals surface area contributed by atoms with Gasteiger partial charge in [-0.1, -0.05) is 0 Å². The summed E-state index contributed by atoms with van der Waals surface area (Å²) in [5, 5.41) is 3.29. The predicted octanol–water partition coefficient (Wildman–Crippen LogP) is 3.35. The Morgan fingerprint density at radius 2 is 2.00 bits per heavy atom. The van der Waals surface area contributed by atoms with Gasteiger partial charge in [-0.15, -0.1) is 0 Å². The van der Waals surface area contributed by atoms with Gasteiger partial charge in [0.1, 0.15) is 17.4 Å². The van der Waals surface area contributed by atoms with Crippen LogP contribution in [0.25, 0.3) is 0 Å². The molecule has 4 rings (SSSR count). The largest absolute Gasteiger partial charge is 0.496 e. The van der Waals surface area contributed by atoms with Crippen molar-refractivity contribution in [1.29, 1.82) is 0 Å². The number of ether oxygens (including phenoxy) is 1. The Hall–Kier alpha value is -2.67. The predicted molar refractivity (Wildman–Crippen MR) is 126 cm³/mol. The zero-order valence-corrected chi connectivity index (χ0v) is 20.2. The number of hydrogen-bond donors (Lipinski definition) is 1. The third kappa shape index (κ3) is 4.18. The molecule has 1 fully saturated rings. The Labute approximate surface area is 191 Å². The SMILES string of the molecule is CNc1nc(C2CCN(C(C)=O)C2)nc2c1CCN(Cc1c(C)cc(OC)c(C)c1C)C2. The minimum absolute atomic E-state index is 0.131. The summed E-state index contributed by atoms with van der Waals surface area (Å²) in [4.78, 5) is 26.0. The van der Waals surface area contributed by atoms with Gasteiger partial charge in [-0.05, 0) is 61.9 Å². The number of anilines is 1. The fourth-order valence-corrected chi connectivity index (χ4v) is 5.06. The van der Waals surface area contributed by atoms with Crippen molar-refractivity contribution in [2.45, 2.75) is 59.5 Å². The van der Waals surface area contributed by atoms with E-state index >= 15 is 0 Å². The number of aryl methyl sites for hydroxylation is 1. The minimum atomic E-state index is 0.131. The van der Waals surface area contributed by atoms with E-state index in [9.17, 15) is 4.79 Å². The van der Waals surface area contributed by atoms with Crippen molar-refractivity contribution in [3.63, 3.8) is 0 Å². The quantitative estimate of drug-likeness (QED) is 0.774. The van der Waals surface area contributed by atoms with E-state index in [4.69, 9.17) is 14.7 Å². The van der Waals surface area contributed by atoms with Crippen molar-refractivity contribution >= 4 is 11.7 Å². The smallest absolute Gasteiger partial charge is 0.219 e. The third-order valence-corrected chi connectivity index (χ3v) is 7.21. The molecule has 7 heteroatoms. The number of benzene rings is 1. The average Bonchev–Trinajstić information content (AvgIpc) is 3.29. The van der Waals surface area contributed by atoms with Crippen LogP contribution in [0.1, 0.15) is 58.6 Å². The van der Waals surface area contributed by atoms with Gasteiger partial charge in [0.05, 0.1) is 12.8 Å². The molecule has 1 amide bonds. The lowest BCUT2D eigenvalue weighted by Gasteiger charge is -2.31. The molecule has 3 heterocycles. The number of carbonyl (C=O) groups excluding carboxylic acids is 1. The number of nitrogens with zero attached hydrogens (tertiary/aromatic N) is 4. The lowest BCUT2D eigenvalue weighted by Crippen LogP contribution is -2.33. The number of amides is 1. The summed E-state index contributed by atoms with van der Waals surface area (Å²) < 4.78 is 5.55. The highest BCUT2D eigenvalue weighted by atomic mass is 16.5. The molecule has 7 nitrogen and oxygen atoms in total. The highest BCUT2D eigenvalue weighted by molar-refractivity contribution is 5.73. The van der Waals surface area contributed by atoms with Crippen LogP contribution in [0, 0.1) is 20.8 Å². The third-order valence-electron chi connectivity index (χ3n) is 7.21. The molecule has 0 saturated carbocycles. The Morgan fingerprint density at radius 1 is 1.22 bits per heavy atom. The van der Waals surface area contributed by atoms with Crippen molar-refractivity contribution in [2.75, 3.05) is 39.1 Å². The second-order valence-corrected chi connectivity index (χ2v) is 9.14. The Bertz CT molecular complexity index is 1040. The van der Waals surface area contributed by atoms with Crippen LogP contribution >= 0.6 is 0 Å². The van der Waals surface area contributed by atoms with E-state index in [1.54, 1.807) is 14.0 Å². The maximum absolute atomic E-state index is 11.8. The minimum Gasteiger partial charge on any atom is -0.496 e. The van der Waals surface area contributed by atoms with Crippen molar-refractivity contribution in [1.82, 2.24) is 19.8 Å². The monoisotopic (exact) mass is 437 g/mol. The fraction of sp³-hybridized carbons (Fsp3) is 0.560. The van der Waals surface area contributed by atoms with Crippen LogP contribution in [0.4, 0.5) is 5.82 Å². The topological polar surface area (TPSA) is 70.6 Å². The standard InChI is InChI=1S/C25H35N5O2/c1-15-11-23(32-6)17(3)16(2)21(15)13-29-9-8-20-22(14-29)27-24(28-25(20)26-5)19-7-10-30(12-19)18(4)31/h11,19H,7-10,12-14H2,1-6H3,(H,26,27,28). The molecule has 1 atom stereocenters. The zero-order chi connectivity index (χ0) is 23.0. The van der Waals surface area contributed by atoms with E-state index in [0.717, 1.165) is 62.1 Å². The molecule has 0 radical (unpaired) electrons. The van der Waals surface area contributed by atoms with Gasteiger partial charge in [0, 0.05) is 58.2 Å². The van der Waals surface area contributed by atoms with Crippen LogP contribution in [-0.4, -0.2) is 59.5 Å². The highest BCUT2D eigenvalue weighted by Crippen LogP contribution is 2.32. The van der Waals surface area contributed by atoms with Gasteiger partial charge >= 0.3 is 0 Å². The number of hydrogen-bond acceptors (Lipinski definition) is 6. The first-order valence-electron chi connectivity index (χ1n) is 11.5. The summed E-state index contributed by atoms with van der Waals surface area (Å²) in [6, 6.07) is 2.15. The van der Waals surface area contributed by atoms with Crippen molar-refractivity contribution < 1.29 is 9.53 Å². The Balaban J connectivity index is 1.58. The molecule has 1 aromatic carbocycles. The van der Waals surface area contributed by atoms with Crippen molar-refractivity contribution in [3.8, 4) is 5.75 Å². The van der Waals surface area contributed by atoms with E-state index in [1.165, 1.54) is 27.8 Å². The lowest BCUT2D eigenvalue weighted by molar-refractivity contribution is -0.127. The van der Waals surface area contributed by atoms with Crippen molar-refractivity contribution in [3.05, 3.63) is 45.4 Å². The average molecular weight is 438 g/mol.